The maximum Gasteiger partial charge on any atom is 0.259 e. The van der Waals surface area contributed by atoms with E-state index in [0.717, 1.165) is 5.56 Å². The number of rotatable bonds is 9. The Morgan fingerprint density at radius 3 is 2.31 bits per heavy atom. The molecule has 32 heavy (non-hydrogen) atoms. The van der Waals surface area contributed by atoms with Crippen molar-refractivity contribution in [3.05, 3.63) is 83.9 Å². The predicted octanol–water partition coefficient (Wildman–Crippen LogP) is 4.21. The number of ether oxygens (including phenoxy) is 3. The average molecular weight is 434 g/mol. The monoisotopic (exact) mass is 434 g/mol. The molecular weight excluding hydrogens is 408 g/mol. The molecule has 2 N–H and O–H groups in total. The van der Waals surface area contributed by atoms with Crippen LogP contribution in [0, 0.1) is 0 Å². The molecule has 0 unspecified atom stereocenters. The molecule has 3 aromatic rings. The van der Waals surface area contributed by atoms with Gasteiger partial charge in [0.25, 0.3) is 11.8 Å². The molecular formula is C25H26N2O5. The summed E-state index contributed by atoms with van der Waals surface area (Å²) in [6, 6.07) is 21.0. The number of carbonyl (C=O) groups excluding carboxylic acids is 2. The van der Waals surface area contributed by atoms with Crippen molar-refractivity contribution in [3.8, 4) is 17.2 Å². The van der Waals surface area contributed by atoms with Crippen LogP contribution in [-0.2, 0) is 4.79 Å². The quantitative estimate of drug-likeness (QED) is 0.527. The zero-order valence-electron chi connectivity index (χ0n) is 18.3. The zero-order valence-corrected chi connectivity index (χ0v) is 18.3. The summed E-state index contributed by atoms with van der Waals surface area (Å²) in [6.45, 7) is 1.60. The van der Waals surface area contributed by atoms with E-state index in [1.165, 1.54) is 0 Å². The second kappa shape index (κ2) is 10.9. The van der Waals surface area contributed by atoms with Gasteiger partial charge in [-0.2, -0.15) is 0 Å². The zero-order chi connectivity index (χ0) is 22.9. The van der Waals surface area contributed by atoms with Gasteiger partial charge in [0.05, 0.1) is 25.8 Å². The Labute approximate surface area is 187 Å². The molecule has 0 aliphatic heterocycles. The highest BCUT2D eigenvalue weighted by Crippen LogP contribution is 2.29. The Bertz CT molecular complexity index is 1070. The summed E-state index contributed by atoms with van der Waals surface area (Å²) >= 11 is 0. The lowest BCUT2D eigenvalue weighted by Crippen LogP contribution is -2.31. The molecule has 2 amide bonds. The molecule has 0 bridgehead atoms. The van der Waals surface area contributed by atoms with E-state index in [2.05, 4.69) is 10.6 Å². The highest BCUT2D eigenvalue weighted by Gasteiger charge is 2.17. The van der Waals surface area contributed by atoms with Crippen molar-refractivity contribution in [2.45, 2.75) is 13.0 Å². The molecule has 0 radical (unpaired) electrons. The normalized spacial score (nSPS) is 11.2. The van der Waals surface area contributed by atoms with Gasteiger partial charge in [0, 0.05) is 11.3 Å². The van der Waals surface area contributed by atoms with E-state index in [4.69, 9.17) is 14.2 Å². The maximum atomic E-state index is 12.7. The first-order valence-corrected chi connectivity index (χ1v) is 10.1. The fourth-order valence-electron chi connectivity index (χ4n) is 3.18. The van der Waals surface area contributed by atoms with Crippen LogP contribution in [0.2, 0.25) is 0 Å². The summed E-state index contributed by atoms with van der Waals surface area (Å²) < 4.78 is 16.3. The molecule has 0 aliphatic rings. The van der Waals surface area contributed by atoms with Crippen LogP contribution in [0.5, 0.6) is 17.2 Å². The van der Waals surface area contributed by atoms with E-state index in [1.54, 1.807) is 62.8 Å². The van der Waals surface area contributed by atoms with E-state index in [1.807, 2.05) is 31.2 Å². The number of hydrogen-bond donors (Lipinski definition) is 2. The Kier molecular flexibility index (Phi) is 7.70. The fourth-order valence-corrected chi connectivity index (χ4v) is 3.18. The van der Waals surface area contributed by atoms with Gasteiger partial charge in [0.15, 0.2) is 6.61 Å². The number of hydrogen-bond acceptors (Lipinski definition) is 5. The van der Waals surface area contributed by atoms with Gasteiger partial charge in [0.1, 0.15) is 17.2 Å². The second-order valence-corrected chi connectivity index (χ2v) is 7.00. The summed E-state index contributed by atoms with van der Waals surface area (Å²) in [5.74, 6) is 0.976. The Morgan fingerprint density at radius 2 is 1.59 bits per heavy atom. The molecule has 3 rings (SSSR count). The molecule has 1 atom stereocenters. The first-order valence-electron chi connectivity index (χ1n) is 10.1. The number of carbonyl (C=O) groups is 2. The summed E-state index contributed by atoms with van der Waals surface area (Å²) in [4.78, 5) is 25.2. The van der Waals surface area contributed by atoms with E-state index < -0.39 is 0 Å². The van der Waals surface area contributed by atoms with Crippen molar-refractivity contribution < 1.29 is 23.8 Å². The lowest BCUT2D eigenvalue weighted by molar-refractivity contribution is -0.123. The largest absolute Gasteiger partial charge is 0.497 e. The van der Waals surface area contributed by atoms with Gasteiger partial charge in [0.2, 0.25) is 0 Å². The first kappa shape index (κ1) is 22.7. The molecule has 0 saturated heterocycles. The number of benzene rings is 3. The third kappa shape index (κ3) is 5.78. The van der Waals surface area contributed by atoms with Gasteiger partial charge in [-0.25, -0.2) is 0 Å². The molecule has 0 saturated carbocycles. The Balaban J connectivity index is 1.64. The van der Waals surface area contributed by atoms with Crippen LogP contribution in [0.4, 0.5) is 5.69 Å². The van der Waals surface area contributed by atoms with Gasteiger partial charge >= 0.3 is 0 Å². The third-order valence-corrected chi connectivity index (χ3v) is 4.80. The predicted molar refractivity (Wildman–Crippen MR) is 122 cm³/mol. The Morgan fingerprint density at radius 1 is 0.875 bits per heavy atom. The number of methoxy groups -OCH3 is 2. The minimum atomic E-state index is -0.340. The third-order valence-electron chi connectivity index (χ3n) is 4.80. The van der Waals surface area contributed by atoms with E-state index in [9.17, 15) is 9.59 Å². The topological polar surface area (TPSA) is 85.9 Å². The maximum absolute atomic E-state index is 12.7. The van der Waals surface area contributed by atoms with Crippen molar-refractivity contribution in [1.29, 1.82) is 0 Å². The van der Waals surface area contributed by atoms with Crippen LogP contribution < -0.4 is 24.8 Å². The summed E-state index contributed by atoms with van der Waals surface area (Å²) in [5.41, 5.74) is 1.79. The fraction of sp³-hybridized carbons (Fsp3) is 0.200. The Hall–Kier alpha value is -4.00. The highest BCUT2D eigenvalue weighted by molar-refractivity contribution is 6.06. The molecule has 0 spiro atoms. The summed E-state index contributed by atoms with van der Waals surface area (Å²) in [7, 11) is 3.15. The molecule has 0 heterocycles. The van der Waals surface area contributed by atoms with E-state index in [-0.39, 0.29) is 24.5 Å². The molecule has 3 aromatic carbocycles. The minimum Gasteiger partial charge on any atom is -0.497 e. The van der Waals surface area contributed by atoms with Gasteiger partial charge in [-0.05, 0) is 49.4 Å². The standard InChI is InChI=1S/C25H26N2O5/c1-17(21-15-19(30-2)13-14-22(21)31-3)26-24(28)16-32-23-12-8-7-11-20(23)25(29)27-18-9-5-4-6-10-18/h4-15,17H,16H2,1-3H3,(H,26,28)(H,27,29)/t17-/m1/s1. The first-order chi connectivity index (χ1) is 15.5. The van der Waals surface area contributed by atoms with Gasteiger partial charge < -0.3 is 24.8 Å². The van der Waals surface area contributed by atoms with Gasteiger partial charge in [-0.1, -0.05) is 30.3 Å². The van der Waals surface area contributed by atoms with Crippen molar-refractivity contribution in [2.75, 3.05) is 26.1 Å². The highest BCUT2D eigenvalue weighted by atomic mass is 16.5. The second-order valence-electron chi connectivity index (χ2n) is 7.00. The lowest BCUT2D eigenvalue weighted by atomic mass is 10.1. The van der Waals surface area contributed by atoms with Crippen LogP contribution >= 0.6 is 0 Å². The minimum absolute atomic E-state index is 0.244. The number of amides is 2. The van der Waals surface area contributed by atoms with Crippen LogP contribution in [0.15, 0.2) is 72.8 Å². The van der Waals surface area contributed by atoms with Crippen LogP contribution in [0.3, 0.4) is 0 Å². The molecule has 0 fully saturated rings. The number of nitrogens with one attached hydrogen (secondary N) is 2. The van der Waals surface area contributed by atoms with Gasteiger partial charge in [-0.3, -0.25) is 9.59 Å². The SMILES string of the molecule is COc1ccc(OC)c([C@@H](C)NC(=O)COc2ccccc2C(=O)Nc2ccccc2)c1. The van der Waals surface area contributed by atoms with Crippen LogP contribution in [-0.4, -0.2) is 32.6 Å². The van der Waals surface area contributed by atoms with Crippen molar-refractivity contribution in [3.63, 3.8) is 0 Å². The van der Waals surface area contributed by atoms with Crippen LogP contribution in [0.25, 0.3) is 0 Å². The smallest absolute Gasteiger partial charge is 0.259 e. The molecule has 0 aliphatic carbocycles. The van der Waals surface area contributed by atoms with Crippen LogP contribution in [0.1, 0.15) is 28.9 Å². The molecule has 0 aromatic heterocycles. The number of para-hydroxylation sites is 2. The summed E-state index contributed by atoms with van der Waals surface area (Å²) in [5, 5.41) is 5.70. The van der Waals surface area contributed by atoms with E-state index in [0.29, 0.717) is 28.5 Å². The molecule has 166 valence electrons. The average Bonchev–Trinajstić information content (AvgIpc) is 2.83. The lowest BCUT2D eigenvalue weighted by Gasteiger charge is -2.18. The van der Waals surface area contributed by atoms with Crippen molar-refractivity contribution >= 4 is 17.5 Å². The summed E-state index contributed by atoms with van der Waals surface area (Å²) in [6.07, 6.45) is 0. The van der Waals surface area contributed by atoms with Gasteiger partial charge in [-0.15, -0.1) is 0 Å². The molecule has 7 heteroatoms. The molecule has 7 nitrogen and oxygen atoms in total. The number of anilines is 1. The van der Waals surface area contributed by atoms with Crippen molar-refractivity contribution in [1.82, 2.24) is 5.32 Å². The van der Waals surface area contributed by atoms with E-state index >= 15 is 0 Å². The van der Waals surface area contributed by atoms with Crippen molar-refractivity contribution in [2.24, 2.45) is 0 Å².